The lowest BCUT2D eigenvalue weighted by molar-refractivity contribution is -0.385. The third kappa shape index (κ3) is 4.93. The van der Waals surface area contributed by atoms with E-state index < -0.39 is 10.5 Å². The van der Waals surface area contributed by atoms with Crippen molar-refractivity contribution >= 4 is 17.7 Å². The molecule has 8 heteroatoms. The van der Waals surface area contributed by atoms with E-state index >= 15 is 0 Å². The first kappa shape index (κ1) is 19.7. The third-order valence-corrected chi connectivity index (χ3v) is 4.08. The van der Waals surface area contributed by atoms with E-state index in [-0.39, 0.29) is 17.7 Å². The molecular formula is C18H25N3O5. The maximum absolute atomic E-state index is 12.7. The van der Waals surface area contributed by atoms with Crippen LogP contribution in [0, 0.1) is 17.0 Å². The Morgan fingerprint density at radius 1 is 1.12 bits per heavy atom. The second-order valence-corrected chi connectivity index (χ2v) is 7.37. The molecular weight excluding hydrogens is 338 g/mol. The highest BCUT2D eigenvalue weighted by Gasteiger charge is 2.26. The number of nitro benzene ring substituents is 1. The standard InChI is InChI=1S/C18H25N3O5/c1-13-12-14(6-7-15(13)21(24)25)16(22)19-8-5-9-20(11-10-19)17(23)26-18(2,3)4/h6-7,12H,5,8-11H2,1-4H3. The Bertz CT molecular complexity index is 711. The number of aryl methyl sites for hydroxylation is 1. The van der Waals surface area contributed by atoms with Crippen LogP contribution in [0.25, 0.3) is 0 Å². The largest absolute Gasteiger partial charge is 0.444 e. The second-order valence-electron chi connectivity index (χ2n) is 7.37. The van der Waals surface area contributed by atoms with Gasteiger partial charge in [-0.25, -0.2) is 4.79 Å². The molecule has 1 aromatic rings. The van der Waals surface area contributed by atoms with Gasteiger partial charge in [0.25, 0.3) is 11.6 Å². The number of nitro groups is 1. The number of carbonyl (C=O) groups excluding carboxylic acids is 2. The molecule has 0 bridgehead atoms. The molecule has 142 valence electrons. The molecule has 1 saturated heterocycles. The normalized spacial score (nSPS) is 15.4. The summed E-state index contributed by atoms with van der Waals surface area (Å²) in [6.07, 6.45) is 0.273. The Hall–Kier alpha value is -2.64. The van der Waals surface area contributed by atoms with Crippen molar-refractivity contribution in [3.63, 3.8) is 0 Å². The number of ether oxygens (including phenoxy) is 1. The van der Waals surface area contributed by atoms with Gasteiger partial charge in [0, 0.05) is 43.4 Å². The van der Waals surface area contributed by atoms with Crippen LogP contribution in [0.5, 0.6) is 0 Å². The van der Waals surface area contributed by atoms with Gasteiger partial charge in [0.15, 0.2) is 0 Å². The first-order valence-electron chi connectivity index (χ1n) is 8.61. The smallest absolute Gasteiger partial charge is 0.410 e. The minimum absolute atomic E-state index is 0.00600. The zero-order valence-electron chi connectivity index (χ0n) is 15.7. The number of amides is 2. The Balaban J connectivity index is 2.04. The van der Waals surface area contributed by atoms with E-state index in [1.807, 2.05) is 20.8 Å². The van der Waals surface area contributed by atoms with Crippen molar-refractivity contribution in [2.45, 2.75) is 39.7 Å². The van der Waals surface area contributed by atoms with Crippen molar-refractivity contribution < 1.29 is 19.2 Å². The molecule has 1 aliphatic rings. The van der Waals surface area contributed by atoms with Gasteiger partial charge in [-0.3, -0.25) is 14.9 Å². The molecule has 0 aromatic heterocycles. The van der Waals surface area contributed by atoms with Crippen LogP contribution in [0.3, 0.4) is 0 Å². The van der Waals surface area contributed by atoms with Gasteiger partial charge in [0.1, 0.15) is 5.60 Å². The molecule has 0 aliphatic carbocycles. The second kappa shape index (κ2) is 7.72. The monoisotopic (exact) mass is 363 g/mol. The van der Waals surface area contributed by atoms with Crippen LogP contribution < -0.4 is 0 Å². The average Bonchev–Trinajstić information content (AvgIpc) is 2.78. The maximum atomic E-state index is 12.7. The van der Waals surface area contributed by atoms with E-state index in [2.05, 4.69) is 0 Å². The lowest BCUT2D eigenvalue weighted by atomic mass is 10.1. The first-order valence-corrected chi connectivity index (χ1v) is 8.61. The molecule has 0 radical (unpaired) electrons. The van der Waals surface area contributed by atoms with E-state index in [1.165, 1.54) is 18.2 Å². The predicted octanol–water partition coefficient (Wildman–Crippen LogP) is 2.99. The van der Waals surface area contributed by atoms with Gasteiger partial charge in [-0.15, -0.1) is 0 Å². The molecule has 0 N–H and O–H groups in total. The van der Waals surface area contributed by atoms with Crippen molar-refractivity contribution in [3.05, 3.63) is 39.4 Å². The van der Waals surface area contributed by atoms with Crippen molar-refractivity contribution in [1.29, 1.82) is 0 Å². The van der Waals surface area contributed by atoms with Crippen LogP contribution in [0.2, 0.25) is 0 Å². The molecule has 1 aliphatic heterocycles. The number of carbonyl (C=O) groups is 2. The molecule has 2 rings (SSSR count). The summed E-state index contributed by atoms with van der Waals surface area (Å²) in [6, 6.07) is 4.37. The Morgan fingerprint density at radius 3 is 2.31 bits per heavy atom. The Labute approximate surface area is 152 Å². The molecule has 1 fully saturated rings. The van der Waals surface area contributed by atoms with Crippen molar-refractivity contribution in [2.75, 3.05) is 26.2 Å². The summed E-state index contributed by atoms with van der Waals surface area (Å²) >= 11 is 0. The van der Waals surface area contributed by atoms with Crippen LogP contribution in [0.1, 0.15) is 43.1 Å². The molecule has 1 aromatic carbocycles. The van der Waals surface area contributed by atoms with Gasteiger partial charge < -0.3 is 14.5 Å². The van der Waals surface area contributed by atoms with Gasteiger partial charge in [-0.05, 0) is 46.2 Å². The third-order valence-electron chi connectivity index (χ3n) is 4.08. The molecule has 1 heterocycles. The van der Waals surface area contributed by atoms with Crippen LogP contribution in [-0.2, 0) is 4.74 Å². The van der Waals surface area contributed by atoms with Gasteiger partial charge in [-0.1, -0.05) is 0 Å². The van der Waals surface area contributed by atoms with E-state index in [9.17, 15) is 19.7 Å². The average molecular weight is 363 g/mol. The Kier molecular flexibility index (Phi) is 5.84. The quantitative estimate of drug-likeness (QED) is 0.595. The molecule has 26 heavy (non-hydrogen) atoms. The summed E-state index contributed by atoms with van der Waals surface area (Å²) in [5, 5.41) is 10.9. The van der Waals surface area contributed by atoms with E-state index in [0.717, 1.165) is 0 Å². The topological polar surface area (TPSA) is 93.0 Å². The molecule has 0 saturated carbocycles. The van der Waals surface area contributed by atoms with E-state index in [0.29, 0.717) is 43.7 Å². The lowest BCUT2D eigenvalue weighted by Crippen LogP contribution is -2.40. The highest BCUT2D eigenvalue weighted by molar-refractivity contribution is 5.94. The lowest BCUT2D eigenvalue weighted by Gasteiger charge is -2.26. The molecule has 0 spiro atoms. The fraction of sp³-hybridized carbons (Fsp3) is 0.556. The van der Waals surface area contributed by atoms with Crippen molar-refractivity contribution in [1.82, 2.24) is 9.80 Å². The number of nitrogens with zero attached hydrogens (tertiary/aromatic N) is 3. The summed E-state index contributed by atoms with van der Waals surface area (Å²) in [4.78, 5) is 38.6. The van der Waals surface area contributed by atoms with Gasteiger partial charge >= 0.3 is 6.09 Å². The van der Waals surface area contributed by atoms with Crippen molar-refractivity contribution in [2.24, 2.45) is 0 Å². The fourth-order valence-corrected chi connectivity index (χ4v) is 2.81. The van der Waals surface area contributed by atoms with Gasteiger partial charge in [0.2, 0.25) is 0 Å². The minimum atomic E-state index is -0.560. The zero-order valence-corrected chi connectivity index (χ0v) is 15.7. The van der Waals surface area contributed by atoms with E-state index in [4.69, 9.17) is 4.74 Å². The molecule has 2 amide bonds. The van der Waals surface area contributed by atoms with Crippen LogP contribution in [-0.4, -0.2) is 58.5 Å². The maximum Gasteiger partial charge on any atom is 0.410 e. The summed E-state index contributed by atoms with van der Waals surface area (Å²) < 4.78 is 5.38. The SMILES string of the molecule is Cc1cc(C(=O)N2CCCN(C(=O)OC(C)(C)C)CC2)ccc1[N+](=O)[O-]. The zero-order chi connectivity index (χ0) is 19.5. The summed E-state index contributed by atoms with van der Waals surface area (Å²) in [6.45, 7) is 8.90. The van der Waals surface area contributed by atoms with Gasteiger partial charge in [-0.2, -0.15) is 0 Å². The summed E-state index contributed by atoms with van der Waals surface area (Å²) in [7, 11) is 0. The molecule has 0 atom stereocenters. The molecule has 0 unspecified atom stereocenters. The fourth-order valence-electron chi connectivity index (χ4n) is 2.81. The van der Waals surface area contributed by atoms with Gasteiger partial charge in [0.05, 0.1) is 4.92 Å². The van der Waals surface area contributed by atoms with Crippen LogP contribution in [0.4, 0.5) is 10.5 Å². The number of hydrogen-bond acceptors (Lipinski definition) is 5. The highest BCUT2D eigenvalue weighted by Crippen LogP contribution is 2.20. The van der Waals surface area contributed by atoms with Crippen LogP contribution >= 0.6 is 0 Å². The predicted molar refractivity (Wildman–Crippen MR) is 96.2 cm³/mol. The first-order chi connectivity index (χ1) is 12.1. The molecule has 8 nitrogen and oxygen atoms in total. The highest BCUT2D eigenvalue weighted by atomic mass is 16.6. The van der Waals surface area contributed by atoms with Crippen LogP contribution in [0.15, 0.2) is 18.2 Å². The number of hydrogen-bond donors (Lipinski definition) is 0. The number of rotatable bonds is 2. The summed E-state index contributed by atoms with van der Waals surface area (Å²) in [5.41, 5.74) is 0.299. The summed E-state index contributed by atoms with van der Waals surface area (Å²) in [5.74, 6) is -0.186. The Morgan fingerprint density at radius 2 is 1.73 bits per heavy atom. The number of benzene rings is 1. The van der Waals surface area contributed by atoms with E-state index in [1.54, 1.807) is 16.7 Å². The van der Waals surface area contributed by atoms with Crippen molar-refractivity contribution in [3.8, 4) is 0 Å². The minimum Gasteiger partial charge on any atom is -0.444 e.